The third kappa shape index (κ3) is 1.98. The molecule has 1 aliphatic rings. The zero-order valence-electron chi connectivity index (χ0n) is 10.6. The molecule has 3 rings (SSSR count). The van der Waals surface area contributed by atoms with Gasteiger partial charge in [0, 0.05) is 25.1 Å². The first-order valence-corrected chi connectivity index (χ1v) is 6.70. The van der Waals surface area contributed by atoms with Crippen LogP contribution in [0.5, 0.6) is 0 Å². The Hall–Kier alpha value is -2.21. The number of hydrogen-bond acceptors (Lipinski definition) is 4. The number of pyridine rings is 1. The van der Waals surface area contributed by atoms with E-state index in [9.17, 15) is 9.59 Å². The molecule has 0 fully saturated rings. The average Bonchev–Trinajstić information content (AvgIpc) is 2.66. The second kappa shape index (κ2) is 4.72. The minimum absolute atomic E-state index is 0.262. The summed E-state index contributed by atoms with van der Waals surface area (Å²) in [6.07, 6.45) is 3.35. The fourth-order valence-electron chi connectivity index (χ4n) is 2.07. The lowest BCUT2D eigenvalue weighted by atomic mass is 10.1. The molecule has 1 aromatic heterocycles. The largest absolute Gasteiger partial charge is 0.354 e. The normalized spacial score (nSPS) is 13.6. The Labute approximate surface area is 123 Å². The number of carbonyl (C=O) groups excluding carboxylic acids is 2. The van der Waals surface area contributed by atoms with Crippen molar-refractivity contribution in [2.75, 3.05) is 12.4 Å². The number of rotatable bonds is 2. The van der Waals surface area contributed by atoms with Gasteiger partial charge < -0.3 is 5.32 Å². The molecule has 2 aromatic rings. The summed E-state index contributed by atoms with van der Waals surface area (Å²) < 4.78 is 0.819. The van der Waals surface area contributed by atoms with E-state index in [-0.39, 0.29) is 11.8 Å². The quantitative estimate of drug-likeness (QED) is 0.859. The van der Waals surface area contributed by atoms with Gasteiger partial charge in [0.2, 0.25) is 0 Å². The number of benzene rings is 1. The Morgan fingerprint density at radius 1 is 1.15 bits per heavy atom. The number of carbonyl (C=O) groups is 2. The van der Waals surface area contributed by atoms with E-state index in [0.29, 0.717) is 11.1 Å². The van der Waals surface area contributed by atoms with E-state index in [1.54, 1.807) is 30.6 Å². The van der Waals surface area contributed by atoms with Crippen LogP contribution >= 0.6 is 15.9 Å². The molecular weight excluding hydrogens is 322 g/mol. The van der Waals surface area contributed by atoms with Crippen LogP contribution in [0.2, 0.25) is 0 Å². The Bertz CT molecular complexity index is 730. The third-order valence-corrected chi connectivity index (χ3v) is 3.77. The number of nitrogens with one attached hydrogen (secondary N) is 1. The number of imide groups is 1. The van der Waals surface area contributed by atoms with Crippen LogP contribution in [0.25, 0.3) is 0 Å². The molecule has 20 heavy (non-hydrogen) atoms. The minimum atomic E-state index is -0.276. The van der Waals surface area contributed by atoms with Crippen LogP contribution in [-0.4, -0.2) is 28.7 Å². The highest BCUT2D eigenvalue weighted by Gasteiger charge is 2.32. The van der Waals surface area contributed by atoms with Gasteiger partial charge in [-0.2, -0.15) is 0 Å². The van der Waals surface area contributed by atoms with E-state index in [1.165, 1.54) is 7.05 Å². The third-order valence-electron chi connectivity index (χ3n) is 3.14. The van der Waals surface area contributed by atoms with Crippen molar-refractivity contribution in [1.29, 1.82) is 0 Å². The van der Waals surface area contributed by atoms with Gasteiger partial charge in [-0.25, -0.2) is 0 Å². The zero-order valence-corrected chi connectivity index (χ0v) is 12.1. The van der Waals surface area contributed by atoms with Crippen molar-refractivity contribution in [3.05, 3.63) is 52.3 Å². The number of hydrogen-bond donors (Lipinski definition) is 1. The van der Waals surface area contributed by atoms with Crippen LogP contribution < -0.4 is 5.32 Å². The lowest BCUT2D eigenvalue weighted by Crippen LogP contribution is -2.24. The first-order valence-electron chi connectivity index (χ1n) is 5.91. The molecule has 0 saturated carbocycles. The zero-order chi connectivity index (χ0) is 14.3. The summed E-state index contributed by atoms with van der Waals surface area (Å²) in [4.78, 5) is 28.8. The van der Waals surface area contributed by atoms with Crippen LogP contribution in [0.4, 0.5) is 11.4 Å². The first kappa shape index (κ1) is 12.8. The van der Waals surface area contributed by atoms with Crippen molar-refractivity contribution < 1.29 is 9.59 Å². The minimum Gasteiger partial charge on any atom is -0.354 e. The highest BCUT2D eigenvalue weighted by atomic mass is 79.9. The fourth-order valence-corrected chi connectivity index (χ4v) is 2.42. The predicted octanol–water partition coefficient (Wildman–Crippen LogP) is 2.81. The molecule has 0 aliphatic carbocycles. The van der Waals surface area contributed by atoms with Gasteiger partial charge in [-0.05, 0) is 40.2 Å². The van der Waals surface area contributed by atoms with Gasteiger partial charge in [0.15, 0.2) is 0 Å². The van der Waals surface area contributed by atoms with Crippen molar-refractivity contribution in [2.45, 2.75) is 0 Å². The van der Waals surface area contributed by atoms with Crippen LogP contribution in [0.3, 0.4) is 0 Å². The van der Waals surface area contributed by atoms with Gasteiger partial charge >= 0.3 is 0 Å². The van der Waals surface area contributed by atoms with Gasteiger partial charge in [-0.3, -0.25) is 19.5 Å². The monoisotopic (exact) mass is 331 g/mol. The van der Waals surface area contributed by atoms with Crippen molar-refractivity contribution >= 4 is 39.1 Å². The predicted molar refractivity (Wildman–Crippen MR) is 78.1 cm³/mol. The van der Waals surface area contributed by atoms with Crippen molar-refractivity contribution in [3.8, 4) is 0 Å². The molecule has 5 nitrogen and oxygen atoms in total. The molecule has 0 bridgehead atoms. The first-order chi connectivity index (χ1) is 9.58. The van der Waals surface area contributed by atoms with Gasteiger partial charge in [-0.15, -0.1) is 0 Å². The smallest absolute Gasteiger partial charge is 0.261 e. The summed E-state index contributed by atoms with van der Waals surface area (Å²) in [5.41, 5.74) is 2.45. The van der Waals surface area contributed by atoms with Crippen molar-refractivity contribution in [3.63, 3.8) is 0 Å². The highest BCUT2D eigenvalue weighted by molar-refractivity contribution is 9.10. The summed E-state index contributed by atoms with van der Waals surface area (Å²) in [6.45, 7) is 0. The molecule has 0 spiro atoms. The van der Waals surface area contributed by atoms with Crippen LogP contribution in [0.15, 0.2) is 41.1 Å². The molecule has 1 aromatic carbocycles. The molecule has 1 aliphatic heterocycles. The van der Waals surface area contributed by atoms with E-state index in [4.69, 9.17) is 0 Å². The number of aromatic nitrogens is 1. The van der Waals surface area contributed by atoms with E-state index >= 15 is 0 Å². The van der Waals surface area contributed by atoms with Gasteiger partial charge in [-0.1, -0.05) is 0 Å². The van der Waals surface area contributed by atoms with E-state index in [0.717, 1.165) is 20.7 Å². The van der Waals surface area contributed by atoms with E-state index in [1.807, 2.05) is 6.07 Å². The lowest BCUT2D eigenvalue weighted by Gasteiger charge is -2.08. The van der Waals surface area contributed by atoms with E-state index < -0.39 is 0 Å². The van der Waals surface area contributed by atoms with Crippen LogP contribution in [0.1, 0.15) is 20.7 Å². The molecule has 6 heteroatoms. The maximum absolute atomic E-state index is 11.9. The number of halogens is 1. The standard InChI is InChI=1S/C14H10BrN3O2/c1-18-13(19)9-3-2-8(6-10(9)14(18)20)17-12-4-5-16-7-11(12)15/h2-7H,1H3,(H,16,17). The summed E-state index contributed by atoms with van der Waals surface area (Å²) in [5, 5.41) is 3.18. The van der Waals surface area contributed by atoms with Crippen LogP contribution in [-0.2, 0) is 0 Å². The van der Waals surface area contributed by atoms with Crippen molar-refractivity contribution in [1.82, 2.24) is 9.88 Å². The Kier molecular flexibility index (Phi) is 3.02. The molecule has 0 radical (unpaired) electrons. The number of anilines is 2. The summed E-state index contributed by atoms with van der Waals surface area (Å²) >= 11 is 3.39. The molecule has 100 valence electrons. The molecule has 1 N–H and O–H groups in total. The molecule has 2 heterocycles. The van der Waals surface area contributed by atoms with Crippen molar-refractivity contribution in [2.24, 2.45) is 0 Å². The maximum atomic E-state index is 11.9. The number of amides is 2. The van der Waals surface area contributed by atoms with E-state index in [2.05, 4.69) is 26.2 Å². The summed E-state index contributed by atoms with van der Waals surface area (Å²) in [5.74, 6) is -0.538. The molecule has 0 atom stereocenters. The lowest BCUT2D eigenvalue weighted by molar-refractivity contribution is 0.0693. The second-order valence-corrected chi connectivity index (χ2v) is 5.26. The molecule has 0 saturated heterocycles. The number of fused-ring (bicyclic) bond motifs is 1. The Balaban J connectivity index is 1.97. The second-order valence-electron chi connectivity index (χ2n) is 4.41. The molecule has 0 unspecified atom stereocenters. The SMILES string of the molecule is CN1C(=O)c2ccc(Nc3ccncc3Br)cc2C1=O. The Morgan fingerprint density at radius 3 is 2.65 bits per heavy atom. The molecule has 2 amide bonds. The molecular formula is C14H10BrN3O2. The Morgan fingerprint density at radius 2 is 1.90 bits per heavy atom. The summed E-state index contributed by atoms with van der Waals surface area (Å²) in [7, 11) is 1.48. The number of nitrogens with zero attached hydrogens (tertiary/aromatic N) is 2. The topological polar surface area (TPSA) is 62.3 Å². The van der Waals surface area contributed by atoms with Gasteiger partial charge in [0.05, 0.1) is 21.3 Å². The van der Waals surface area contributed by atoms with Gasteiger partial charge in [0.1, 0.15) is 0 Å². The average molecular weight is 332 g/mol. The highest BCUT2D eigenvalue weighted by Crippen LogP contribution is 2.28. The maximum Gasteiger partial charge on any atom is 0.261 e. The van der Waals surface area contributed by atoms with Crippen LogP contribution in [0, 0.1) is 0 Å². The summed E-state index contributed by atoms with van der Waals surface area (Å²) in [6, 6.07) is 6.94. The van der Waals surface area contributed by atoms with Gasteiger partial charge in [0.25, 0.3) is 11.8 Å². The fraction of sp³-hybridized carbons (Fsp3) is 0.0714.